The number of benzene rings is 9. The minimum atomic E-state index is -1.31. The maximum Gasteiger partial charge on any atom is 0.208 e. The Kier molecular flexibility index (Phi) is 7.92. The normalized spacial score (nSPS) is 11.7. The zero-order valence-electron chi connectivity index (χ0n) is 31.9. The summed E-state index contributed by atoms with van der Waals surface area (Å²) in [6.07, 6.45) is 0. The van der Waals surface area contributed by atoms with Gasteiger partial charge < -0.3 is 75.9 Å². The number of phenols is 14. The maximum absolute atomic E-state index is 11.7. The standard InChI is InChI=1S/C48H30O15/c49-34-30(35(50)41(56)46(61)40(34)55)25-16-26-24-15-17(13-14-27(24)63-48(26)23-12-6-1-7-18(23)25)28-19-8-2-4-10-21(19)29(22-11-5-3-9-20(22)28)31-32(37(52)43(58)42(57)36(31)51)33-38(53)44(59)47(62)45(60)39(33)54/h1-16,49-62H. The van der Waals surface area contributed by atoms with Crippen molar-refractivity contribution < 1.29 is 75.9 Å². The second-order valence-corrected chi connectivity index (χ2v) is 14.9. The van der Waals surface area contributed by atoms with Crippen LogP contribution < -0.4 is 0 Å². The fraction of sp³-hybridized carbons (Fsp3) is 0. The minimum absolute atomic E-state index is 0.0832. The van der Waals surface area contributed by atoms with Gasteiger partial charge in [0, 0.05) is 32.8 Å². The Balaban J connectivity index is 1.31. The summed E-state index contributed by atoms with van der Waals surface area (Å²) >= 11 is 0. The fourth-order valence-corrected chi connectivity index (χ4v) is 8.72. The highest BCUT2D eigenvalue weighted by Crippen LogP contribution is 2.64. The molecule has 0 saturated carbocycles. The predicted molar refractivity (Wildman–Crippen MR) is 231 cm³/mol. The van der Waals surface area contributed by atoms with Gasteiger partial charge in [-0.15, -0.1) is 0 Å². The topological polar surface area (TPSA) is 296 Å². The lowest BCUT2D eigenvalue weighted by molar-refractivity contribution is 0.329. The molecule has 1 heterocycles. The maximum atomic E-state index is 11.7. The average Bonchev–Trinajstić information content (AvgIpc) is 3.67. The molecule has 0 aliphatic carbocycles. The van der Waals surface area contributed by atoms with Gasteiger partial charge >= 0.3 is 0 Å². The van der Waals surface area contributed by atoms with Crippen molar-refractivity contribution >= 4 is 54.3 Å². The molecule has 15 nitrogen and oxygen atoms in total. The lowest BCUT2D eigenvalue weighted by Crippen LogP contribution is -1.95. The van der Waals surface area contributed by atoms with E-state index in [4.69, 9.17) is 4.42 Å². The second kappa shape index (κ2) is 13.1. The molecule has 0 unspecified atom stereocenters. The van der Waals surface area contributed by atoms with Crippen LogP contribution in [0.3, 0.4) is 0 Å². The summed E-state index contributed by atoms with van der Waals surface area (Å²) in [5.74, 6) is -16.1. The molecule has 14 N–H and O–H groups in total. The van der Waals surface area contributed by atoms with E-state index in [0.29, 0.717) is 65.4 Å². The monoisotopic (exact) mass is 846 g/mol. The molecule has 10 aromatic rings. The number of aromatic hydroxyl groups is 14. The Morgan fingerprint density at radius 2 is 0.619 bits per heavy atom. The summed E-state index contributed by atoms with van der Waals surface area (Å²) in [5.41, 5.74) is -0.150. The molecular weight excluding hydrogens is 817 g/mol. The van der Waals surface area contributed by atoms with Crippen LogP contribution in [0.2, 0.25) is 0 Å². The summed E-state index contributed by atoms with van der Waals surface area (Å²) in [4.78, 5) is 0. The number of phenolic OH excluding ortho intramolecular Hbond substituents is 14. The molecule has 9 aromatic carbocycles. The van der Waals surface area contributed by atoms with Crippen LogP contribution in [0, 0.1) is 0 Å². The lowest BCUT2D eigenvalue weighted by atomic mass is 9.82. The van der Waals surface area contributed by atoms with Crippen molar-refractivity contribution in [1.29, 1.82) is 0 Å². The van der Waals surface area contributed by atoms with Gasteiger partial charge in [0.2, 0.25) is 46.0 Å². The van der Waals surface area contributed by atoms with Crippen LogP contribution in [-0.2, 0) is 0 Å². The third kappa shape index (κ3) is 5.01. The lowest BCUT2D eigenvalue weighted by Gasteiger charge is -2.23. The van der Waals surface area contributed by atoms with Crippen LogP contribution in [-0.4, -0.2) is 71.5 Å². The van der Waals surface area contributed by atoms with Gasteiger partial charge in [-0.05, 0) is 61.8 Å². The predicted octanol–water partition coefficient (Wildman–Crippen LogP) is 9.59. The minimum Gasteiger partial charge on any atom is -0.504 e. The van der Waals surface area contributed by atoms with Crippen molar-refractivity contribution in [2.45, 2.75) is 0 Å². The third-order valence-electron chi connectivity index (χ3n) is 11.6. The largest absolute Gasteiger partial charge is 0.504 e. The van der Waals surface area contributed by atoms with E-state index in [0.717, 1.165) is 0 Å². The molecule has 0 aliphatic heterocycles. The molecule has 0 bridgehead atoms. The molecule has 0 aliphatic rings. The van der Waals surface area contributed by atoms with Gasteiger partial charge in [0.05, 0.1) is 11.1 Å². The number of hydrogen-bond acceptors (Lipinski definition) is 15. The van der Waals surface area contributed by atoms with Gasteiger partial charge in [0.1, 0.15) is 11.2 Å². The molecule has 0 fully saturated rings. The van der Waals surface area contributed by atoms with E-state index in [9.17, 15) is 71.5 Å². The van der Waals surface area contributed by atoms with Gasteiger partial charge in [0.15, 0.2) is 34.5 Å². The Labute approximate surface area is 351 Å². The van der Waals surface area contributed by atoms with Gasteiger partial charge in [-0.1, -0.05) is 78.9 Å². The summed E-state index contributed by atoms with van der Waals surface area (Å²) < 4.78 is 6.42. The van der Waals surface area contributed by atoms with Crippen LogP contribution in [0.1, 0.15) is 0 Å². The van der Waals surface area contributed by atoms with Gasteiger partial charge in [0.25, 0.3) is 0 Å². The number of rotatable bonds is 4. The first-order valence-electron chi connectivity index (χ1n) is 18.8. The quantitative estimate of drug-likeness (QED) is 0.0445. The highest BCUT2D eigenvalue weighted by Gasteiger charge is 2.35. The first-order chi connectivity index (χ1) is 30.1. The van der Waals surface area contributed by atoms with Crippen molar-refractivity contribution in [1.82, 2.24) is 0 Å². The van der Waals surface area contributed by atoms with E-state index >= 15 is 0 Å². The van der Waals surface area contributed by atoms with Crippen molar-refractivity contribution in [2.75, 3.05) is 0 Å². The van der Waals surface area contributed by atoms with Gasteiger partial charge in [-0.25, -0.2) is 0 Å². The van der Waals surface area contributed by atoms with Crippen molar-refractivity contribution in [2.24, 2.45) is 0 Å². The molecule has 1 aromatic heterocycles. The first kappa shape index (κ1) is 38.0. The van der Waals surface area contributed by atoms with E-state index in [-0.39, 0.29) is 16.7 Å². The molecule has 0 saturated heterocycles. The molecule has 63 heavy (non-hydrogen) atoms. The Bertz CT molecular complexity index is 3570. The highest BCUT2D eigenvalue weighted by atomic mass is 16.4. The molecule has 15 heteroatoms. The SMILES string of the molecule is Oc1c(O)c(O)c(-c2c(O)c(O)c(O)c(O)c2-c2c3ccccc3c(-c3ccc4oc5c6ccccc6c(-c6c(O)c(O)c(O)c(O)c6O)cc5c4c3)c3ccccc23)c(O)c1O. The van der Waals surface area contributed by atoms with Gasteiger partial charge in [-0.2, -0.15) is 0 Å². The summed E-state index contributed by atoms with van der Waals surface area (Å²) in [5, 5.41) is 155. The number of fused-ring (bicyclic) bond motifs is 7. The number of hydrogen-bond donors (Lipinski definition) is 14. The molecule has 0 spiro atoms. The molecular formula is C48H30O15. The fourth-order valence-electron chi connectivity index (χ4n) is 8.72. The van der Waals surface area contributed by atoms with E-state index in [1.54, 1.807) is 91.0 Å². The van der Waals surface area contributed by atoms with Crippen LogP contribution in [0.5, 0.6) is 80.5 Å². The zero-order chi connectivity index (χ0) is 44.5. The summed E-state index contributed by atoms with van der Waals surface area (Å²) in [6, 6.07) is 27.5. The summed E-state index contributed by atoms with van der Waals surface area (Å²) in [6.45, 7) is 0. The third-order valence-corrected chi connectivity index (χ3v) is 11.6. The molecule has 0 amide bonds. The second-order valence-electron chi connectivity index (χ2n) is 14.9. The van der Waals surface area contributed by atoms with E-state index in [2.05, 4.69) is 0 Å². The number of furan rings is 1. The molecule has 10 rings (SSSR count). The smallest absolute Gasteiger partial charge is 0.208 e. The first-order valence-corrected chi connectivity index (χ1v) is 18.8. The molecule has 0 atom stereocenters. The Morgan fingerprint density at radius 3 is 1.10 bits per heavy atom. The van der Waals surface area contributed by atoms with E-state index in [1.165, 1.54) is 0 Å². The van der Waals surface area contributed by atoms with Crippen molar-refractivity contribution in [3.8, 4) is 125 Å². The Hall–Kier alpha value is -9.24. The molecule has 0 radical (unpaired) electrons. The van der Waals surface area contributed by atoms with E-state index < -0.39 is 97.2 Å². The van der Waals surface area contributed by atoms with Gasteiger partial charge in [-0.3, -0.25) is 0 Å². The molecule has 312 valence electrons. The van der Waals surface area contributed by atoms with E-state index in [1.807, 2.05) is 6.07 Å². The van der Waals surface area contributed by atoms with Crippen LogP contribution in [0.25, 0.3) is 98.8 Å². The Morgan fingerprint density at radius 1 is 0.254 bits per heavy atom. The van der Waals surface area contributed by atoms with Crippen molar-refractivity contribution in [3.63, 3.8) is 0 Å². The average molecular weight is 847 g/mol. The zero-order valence-corrected chi connectivity index (χ0v) is 31.9. The van der Waals surface area contributed by atoms with Crippen LogP contribution >= 0.6 is 0 Å². The summed E-state index contributed by atoms with van der Waals surface area (Å²) in [7, 11) is 0. The van der Waals surface area contributed by atoms with Crippen LogP contribution in [0.4, 0.5) is 0 Å². The highest BCUT2D eigenvalue weighted by molar-refractivity contribution is 6.25. The van der Waals surface area contributed by atoms with Crippen molar-refractivity contribution in [3.05, 3.63) is 97.1 Å². The van der Waals surface area contributed by atoms with Crippen LogP contribution in [0.15, 0.2) is 101 Å².